The zero-order valence-corrected chi connectivity index (χ0v) is 11.9. The van der Waals surface area contributed by atoms with Gasteiger partial charge in [0.15, 0.2) is 11.6 Å². The average molecular weight is 265 g/mol. The van der Waals surface area contributed by atoms with Crippen LogP contribution in [0.25, 0.3) is 0 Å². The normalized spacial score (nSPS) is 23.3. The van der Waals surface area contributed by atoms with E-state index in [0.717, 1.165) is 31.4 Å². The highest BCUT2D eigenvalue weighted by Crippen LogP contribution is 2.26. The number of ether oxygens (including phenoxy) is 1. The van der Waals surface area contributed by atoms with Crippen LogP contribution in [0.4, 0.5) is 4.39 Å². The van der Waals surface area contributed by atoms with Crippen molar-refractivity contribution in [3.63, 3.8) is 0 Å². The molecule has 1 aromatic carbocycles. The van der Waals surface area contributed by atoms with Crippen molar-refractivity contribution in [2.75, 3.05) is 6.54 Å². The summed E-state index contributed by atoms with van der Waals surface area (Å²) in [5, 5.41) is 3.53. The second-order valence-corrected chi connectivity index (χ2v) is 5.44. The average Bonchev–Trinajstić information content (AvgIpc) is 2.42. The van der Waals surface area contributed by atoms with Crippen molar-refractivity contribution in [1.82, 2.24) is 5.32 Å². The Hall–Kier alpha value is -1.09. The SMILES string of the molecule is CCCNC1CCCCC1Oc1cc(C)ccc1F. The lowest BCUT2D eigenvalue weighted by Gasteiger charge is -2.32. The van der Waals surface area contributed by atoms with Gasteiger partial charge in [-0.15, -0.1) is 0 Å². The van der Waals surface area contributed by atoms with Gasteiger partial charge in [-0.05, 0) is 56.8 Å². The smallest absolute Gasteiger partial charge is 0.165 e. The molecule has 0 saturated heterocycles. The lowest BCUT2D eigenvalue weighted by Crippen LogP contribution is -2.45. The molecule has 0 amide bonds. The lowest BCUT2D eigenvalue weighted by molar-refractivity contribution is 0.109. The summed E-state index contributed by atoms with van der Waals surface area (Å²) in [5.41, 5.74) is 1.03. The Labute approximate surface area is 115 Å². The molecule has 19 heavy (non-hydrogen) atoms. The zero-order valence-electron chi connectivity index (χ0n) is 11.9. The molecule has 3 heteroatoms. The summed E-state index contributed by atoms with van der Waals surface area (Å²) < 4.78 is 19.7. The maximum absolute atomic E-state index is 13.8. The summed E-state index contributed by atoms with van der Waals surface area (Å²) >= 11 is 0. The molecule has 1 aromatic rings. The van der Waals surface area contributed by atoms with Crippen LogP contribution in [0.3, 0.4) is 0 Å². The third-order valence-corrected chi connectivity index (χ3v) is 3.72. The highest BCUT2D eigenvalue weighted by atomic mass is 19.1. The van der Waals surface area contributed by atoms with Crippen LogP contribution in [-0.2, 0) is 0 Å². The number of benzene rings is 1. The van der Waals surface area contributed by atoms with E-state index in [2.05, 4.69) is 12.2 Å². The second-order valence-electron chi connectivity index (χ2n) is 5.44. The third kappa shape index (κ3) is 3.93. The molecule has 106 valence electrons. The van der Waals surface area contributed by atoms with Gasteiger partial charge in [0.05, 0.1) is 0 Å². The molecule has 0 heterocycles. The van der Waals surface area contributed by atoms with Crippen molar-refractivity contribution in [3.8, 4) is 5.75 Å². The number of hydrogen-bond acceptors (Lipinski definition) is 2. The molecule has 0 radical (unpaired) electrons. The molecule has 0 spiro atoms. The van der Waals surface area contributed by atoms with Crippen molar-refractivity contribution < 1.29 is 9.13 Å². The molecular formula is C16H24FNO. The van der Waals surface area contributed by atoms with Crippen LogP contribution in [0.2, 0.25) is 0 Å². The summed E-state index contributed by atoms with van der Waals surface area (Å²) in [5.74, 6) is 0.139. The fraction of sp³-hybridized carbons (Fsp3) is 0.625. The summed E-state index contributed by atoms with van der Waals surface area (Å²) in [6.07, 6.45) is 5.74. The molecule has 0 aliphatic heterocycles. The predicted molar refractivity (Wildman–Crippen MR) is 76.1 cm³/mol. The van der Waals surface area contributed by atoms with Gasteiger partial charge in [0, 0.05) is 6.04 Å². The van der Waals surface area contributed by atoms with E-state index in [4.69, 9.17) is 4.74 Å². The molecule has 1 aliphatic carbocycles. The molecule has 2 unspecified atom stereocenters. The Bertz CT molecular complexity index is 408. The third-order valence-electron chi connectivity index (χ3n) is 3.72. The minimum atomic E-state index is -0.259. The maximum atomic E-state index is 13.8. The van der Waals surface area contributed by atoms with Crippen molar-refractivity contribution in [3.05, 3.63) is 29.6 Å². The van der Waals surface area contributed by atoms with Crippen LogP contribution >= 0.6 is 0 Å². The number of halogens is 1. The number of hydrogen-bond donors (Lipinski definition) is 1. The Balaban J connectivity index is 2.04. The minimum absolute atomic E-state index is 0.0941. The summed E-state index contributed by atoms with van der Waals surface area (Å²) in [6.45, 7) is 5.12. The van der Waals surface area contributed by atoms with Crippen molar-refractivity contribution >= 4 is 0 Å². The first-order valence-corrected chi connectivity index (χ1v) is 7.37. The van der Waals surface area contributed by atoms with E-state index in [1.807, 2.05) is 6.92 Å². The van der Waals surface area contributed by atoms with Crippen LogP contribution in [0.1, 0.15) is 44.6 Å². The molecule has 1 fully saturated rings. The van der Waals surface area contributed by atoms with E-state index in [-0.39, 0.29) is 11.9 Å². The number of aryl methyl sites for hydroxylation is 1. The summed E-state index contributed by atoms with van der Waals surface area (Å²) in [4.78, 5) is 0. The Morgan fingerprint density at radius 2 is 2.11 bits per heavy atom. The van der Waals surface area contributed by atoms with E-state index in [9.17, 15) is 4.39 Å². The van der Waals surface area contributed by atoms with Crippen LogP contribution in [0.5, 0.6) is 5.75 Å². The van der Waals surface area contributed by atoms with E-state index >= 15 is 0 Å². The fourth-order valence-corrected chi connectivity index (χ4v) is 2.67. The molecule has 1 aliphatic rings. The second kappa shape index (κ2) is 6.90. The molecule has 2 atom stereocenters. The van der Waals surface area contributed by atoms with Gasteiger partial charge < -0.3 is 10.1 Å². The molecule has 0 aromatic heterocycles. The highest BCUT2D eigenvalue weighted by Gasteiger charge is 2.26. The van der Waals surface area contributed by atoms with Crippen LogP contribution in [0.15, 0.2) is 18.2 Å². The van der Waals surface area contributed by atoms with Crippen molar-refractivity contribution in [2.24, 2.45) is 0 Å². The van der Waals surface area contributed by atoms with Gasteiger partial charge in [-0.1, -0.05) is 19.4 Å². The topological polar surface area (TPSA) is 21.3 Å². The molecule has 2 nitrogen and oxygen atoms in total. The maximum Gasteiger partial charge on any atom is 0.165 e. The molecule has 0 bridgehead atoms. The lowest BCUT2D eigenvalue weighted by atomic mass is 9.92. The molecular weight excluding hydrogens is 241 g/mol. The standard InChI is InChI=1S/C16H24FNO/c1-3-10-18-14-6-4-5-7-15(14)19-16-11-12(2)8-9-13(16)17/h8-9,11,14-15,18H,3-7,10H2,1-2H3. The van der Waals surface area contributed by atoms with E-state index in [0.29, 0.717) is 11.8 Å². The molecule has 1 N–H and O–H groups in total. The van der Waals surface area contributed by atoms with Gasteiger partial charge in [-0.2, -0.15) is 0 Å². The van der Waals surface area contributed by atoms with E-state index in [1.54, 1.807) is 12.1 Å². The summed E-state index contributed by atoms with van der Waals surface area (Å²) in [7, 11) is 0. The van der Waals surface area contributed by atoms with Crippen molar-refractivity contribution in [2.45, 2.75) is 58.1 Å². The van der Waals surface area contributed by atoms with Crippen LogP contribution in [-0.4, -0.2) is 18.7 Å². The molecule has 1 saturated carbocycles. The first-order chi connectivity index (χ1) is 9.20. The van der Waals surface area contributed by atoms with E-state index in [1.165, 1.54) is 18.9 Å². The van der Waals surface area contributed by atoms with Gasteiger partial charge in [0.1, 0.15) is 6.10 Å². The monoisotopic (exact) mass is 265 g/mol. The zero-order chi connectivity index (χ0) is 13.7. The number of nitrogens with one attached hydrogen (secondary N) is 1. The Morgan fingerprint density at radius 1 is 1.32 bits per heavy atom. The first-order valence-electron chi connectivity index (χ1n) is 7.37. The van der Waals surface area contributed by atoms with Gasteiger partial charge in [-0.25, -0.2) is 4.39 Å². The Kier molecular flexibility index (Phi) is 5.20. The van der Waals surface area contributed by atoms with Gasteiger partial charge >= 0.3 is 0 Å². The fourth-order valence-electron chi connectivity index (χ4n) is 2.67. The van der Waals surface area contributed by atoms with Gasteiger partial charge in [0.25, 0.3) is 0 Å². The van der Waals surface area contributed by atoms with Crippen LogP contribution < -0.4 is 10.1 Å². The highest BCUT2D eigenvalue weighted by molar-refractivity contribution is 5.29. The van der Waals surface area contributed by atoms with Gasteiger partial charge in [-0.3, -0.25) is 0 Å². The van der Waals surface area contributed by atoms with Gasteiger partial charge in [0.2, 0.25) is 0 Å². The van der Waals surface area contributed by atoms with Crippen LogP contribution in [0, 0.1) is 12.7 Å². The summed E-state index contributed by atoms with van der Waals surface area (Å²) in [6, 6.07) is 5.41. The Morgan fingerprint density at radius 3 is 2.89 bits per heavy atom. The minimum Gasteiger partial charge on any atom is -0.486 e. The first kappa shape index (κ1) is 14.3. The number of rotatable bonds is 5. The molecule has 2 rings (SSSR count). The largest absolute Gasteiger partial charge is 0.486 e. The van der Waals surface area contributed by atoms with Crippen molar-refractivity contribution in [1.29, 1.82) is 0 Å². The van der Waals surface area contributed by atoms with E-state index < -0.39 is 0 Å². The quantitative estimate of drug-likeness (QED) is 0.873. The predicted octanol–water partition coefficient (Wildman–Crippen LogP) is 3.82.